The lowest BCUT2D eigenvalue weighted by Gasteiger charge is -2.14. The number of hydrogen-bond donors (Lipinski definition) is 1. The zero-order valence-corrected chi connectivity index (χ0v) is 15.6. The van der Waals surface area contributed by atoms with Crippen LogP contribution in [0.4, 0.5) is 5.69 Å². The van der Waals surface area contributed by atoms with E-state index in [0.717, 1.165) is 29.7 Å². The van der Waals surface area contributed by atoms with Crippen molar-refractivity contribution in [2.45, 2.75) is 26.7 Å². The van der Waals surface area contributed by atoms with Gasteiger partial charge in [0.25, 0.3) is 5.91 Å². The molecule has 0 heterocycles. The van der Waals surface area contributed by atoms with Gasteiger partial charge in [0, 0.05) is 10.7 Å². The van der Waals surface area contributed by atoms with E-state index in [9.17, 15) is 9.59 Å². The maximum atomic E-state index is 12.2. The number of carbonyl (C=O) groups is 2. The predicted octanol–water partition coefficient (Wildman–Crippen LogP) is 4.91. The van der Waals surface area contributed by atoms with Crippen molar-refractivity contribution in [1.82, 2.24) is 0 Å². The van der Waals surface area contributed by atoms with Crippen molar-refractivity contribution in [3.05, 3.63) is 63.1 Å². The van der Waals surface area contributed by atoms with Gasteiger partial charge in [0.05, 0.1) is 10.6 Å². The minimum atomic E-state index is -0.670. The zero-order chi connectivity index (χ0) is 18.4. The summed E-state index contributed by atoms with van der Waals surface area (Å²) in [5, 5.41) is 3.44. The Bertz CT molecular complexity index is 768. The molecule has 25 heavy (non-hydrogen) atoms. The molecule has 2 aromatic carbocycles. The van der Waals surface area contributed by atoms with E-state index in [4.69, 9.17) is 27.9 Å². The fourth-order valence-corrected chi connectivity index (χ4v) is 2.93. The Kier molecular flexibility index (Phi) is 6.85. The summed E-state index contributed by atoms with van der Waals surface area (Å²) in [6.45, 7) is 3.65. The van der Waals surface area contributed by atoms with Crippen LogP contribution in [0.5, 0.6) is 0 Å². The highest BCUT2D eigenvalue weighted by atomic mass is 35.5. The molecule has 2 rings (SSSR count). The summed E-state index contributed by atoms with van der Waals surface area (Å²) in [5.41, 5.74) is 3.04. The van der Waals surface area contributed by atoms with E-state index in [1.165, 1.54) is 18.2 Å². The van der Waals surface area contributed by atoms with E-state index < -0.39 is 11.9 Å². The lowest BCUT2D eigenvalue weighted by Crippen LogP contribution is -2.22. The first-order valence-corrected chi connectivity index (χ1v) is 8.74. The molecular weight excluding hydrogens is 361 g/mol. The first-order valence-electron chi connectivity index (χ1n) is 7.99. The van der Waals surface area contributed by atoms with Crippen LogP contribution in [-0.2, 0) is 22.4 Å². The van der Waals surface area contributed by atoms with Crippen molar-refractivity contribution >= 4 is 40.8 Å². The number of esters is 1. The Labute approximate surface area is 157 Å². The number of benzene rings is 2. The summed E-state index contributed by atoms with van der Waals surface area (Å²) in [5.74, 6) is -1.06. The van der Waals surface area contributed by atoms with Gasteiger partial charge in [-0.1, -0.05) is 55.2 Å². The Balaban J connectivity index is 2.03. The molecule has 0 atom stereocenters. The number of hydrogen-bond acceptors (Lipinski definition) is 3. The van der Waals surface area contributed by atoms with Crippen LogP contribution in [0.3, 0.4) is 0 Å². The van der Waals surface area contributed by atoms with Crippen LogP contribution < -0.4 is 5.32 Å². The van der Waals surface area contributed by atoms with Gasteiger partial charge in [0.15, 0.2) is 6.61 Å². The largest absolute Gasteiger partial charge is 0.452 e. The molecule has 132 valence electrons. The van der Waals surface area contributed by atoms with Crippen molar-refractivity contribution in [1.29, 1.82) is 0 Å². The van der Waals surface area contributed by atoms with E-state index >= 15 is 0 Å². The number of carbonyl (C=O) groups excluding carboxylic acids is 2. The van der Waals surface area contributed by atoms with E-state index in [2.05, 4.69) is 5.32 Å². The summed E-state index contributed by atoms with van der Waals surface area (Å²) in [6.07, 6.45) is 1.59. The normalized spacial score (nSPS) is 10.4. The van der Waals surface area contributed by atoms with Crippen LogP contribution in [0.25, 0.3) is 0 Å². The number of aryl methyl sites for hydroxylation is 2. The number of anilines is 1. The zero-order valence-electron chi connectivity index (χ0n) is 14.1. The first-order chi connectivity index (χ1) is 12.0. The molecule has 1 amide bonds. The maximum absolute atomic E-state index is 12.2. The van der Waals surface area contributed by atoms with Crippen LogP contribution in [0, 0.1) is 0 Å². The van der Waals surface area contributed by atoms with Crippen LogP contribution in [0.1, 0.15) is 35.3 Å². The monoisotopic (exact) mass is 379 g/mol. The van der Waals surface area contributed by atoms with Gasteiger partial charge in [-0.3, -0.25) is 4.79 Å². The second-order valence-electron chi connectivity index (χ2n) is 5.41. The molecule has 0 aliphatic heterocycles. The smallest absolute Gasteiger partial charge is 0.340 e. The molecule has 0 saturated carbocycles. The van der Waals surface area contributed by atoms with Crippen LogP contribution in [0.2, 0.25) is 10.0 Å². The third-order valence-electron chi connectivity index (χ3n) is 3.75. The van der Waals surface area contributed by atoms with E-state index in [1.807, 2.05) is 32.0 Å². The molecule has 0 unspecified atom stereocenters. The highest BCUT2D eigenvalue weighted by molar-refractivity contribution is 6.36. The third-order valence-corrected chi connectivity index (χ3v) is 4.30. The van der Waals surface area contributed by atoms with Gasteiger partial charge in [0.2, 0.25) is 0 Å². The summed E-state index contributed by atoms with van der Waals surface area (Å²) >= 11 is 11.8. The molecule has 0 radical (unpaired) electrons. The van der Waals surface area contributed by atoms with Crippen LogP contribution in [0.15, 0.2) is 36.4 Å². The molecule has 2 aromatic rings. The summed E-state index contributed by atoms with van der Waals surface area (Å²) in [7, 11) is 0. The number of rotatable bonds is 6. The molecular formula is C19H19Cl2NO3. The molecule has 0 aliphatic carbocycles. The molecule has 1 N–H and O–H groups in total. The average molecular weight is 380 g/mol. The fraction of sp³-hybridized carbons (Fsp3) is 0.263. The van der Waals surface area contributed by atoms with Crippen LogP contribution in [-0.4, -0.2) is 18.5 Å². The quantitative estimate of drug-likeness (QED) is 0.725. The van der Waals surface area contributed by atoms with Crippen molar-refractivity contribution in [2.24, 2.45) is 0 Å². The second-order valence-corrected chi connectivity index (χ2v) is 6.25. The number of ether oxygens (including phenoxy) is 1. The Morgan fingerprint density at radius 3 is 2.24 bits per heavy atom. The third kappa shape index (κ3) is 4.97. The highest BCUT2D eigenvalue weighted by Gasteiger charge is 2.15. The van der Waals surface area contributed by atoms with E-state index in [0.29, 0.717) is 5.02 Å². The molecule has 0 fully saturated rings. The van der Waals surface area contributed by atoms with Crippen LogP contribution >= 0.6 is 23.2 Å². The second kappa shape index (κ2) is 8.88. The van der Waals surface area contributed by atoms with Crippen molar-refractivity contribution < 1.29 is 14.3 Å². The molecule has 0 bridgehead atoms. The van der Waals surface area contributed by atoms with Crippen molar-refractivity contribution in [3.8, 4) is 0 Å². The Morgan fingerprint density at radius 2 is 1.68 bits per heavy atom. The number of para-hydroxylation sites is 1. The van der Waals surface area contributed by atoms with E-state index in [1.54, 1.807) is 0 Å². The summed E-state index contributed by atoms with van der Waals surface area (Å²) in [4.78, 5) is 24.2. The highest BCUT2D eigenvalue weighted by Crippen LogP contribution is 2.23. The van der Waals surface area contributed by atoms with Gasteiger partial charge in [0.1, 0.15) is 0 Å². The SMILES string of the molecule is CCc1cccc(CC)c1NC(=O)COC(=O)c1ccc(Cl)cc1Cl. The number of halogens is 2. The number of amides is 1. The average Bonchev–Trinajstić information content (AvgIpc) is 2.59. The first kappa shape index (κ1) is 19.3. The maximum Gasteiger partial charge on any atom is 0.340 e. The molecule has 4 nitrogen and oxygen atoms in total. The standard InChI is InChI=1S/C19H19Cl2NO3/c1-3-12-6-5-7-13(4-2)18(12)22-17(23)11-25-19(24)15-9-8-14(20)10-16(15)21/h5-10H,3-4,11H2,1-2H3,(H,22,23). The Hall–Kier alpha value is -2.04. The lowest BCUT2D eigenvalue weighted by molar-refractivity contribution is -0.119. The minimum Gasteiger partial charge on any atom is -0.452 e. The van der Waals surface area contributed by atoms with E-state index in [-0.39, 0.29) is 17.2 Å². The van der Waals surface area contributed by atoms with Crippen molar-refractivity contribution in [3.63, 3.8) is 0 Å². The topological polar surface area (TPSA) is 55.4 Å². The van der Waals surface area contributed by atoms with Gasteiger partial charge in [-0.05, 0) is 42.2 Å². The fourth-order valence-electron chi connectivity index (χ4n) is 2.44. The predicted molar refractivity (Wildman–Crippen MR) is 101 cm³/mol. The minimum absolute atomic E-state index is 0.169. The Morgan fingerprint density at radius 1 is 1.04 bits per heavy atom. The molecule has 0 spiro atoms. The number of nitrogens with one attached hydrogen (secondary N) is 1. The molecule has 0 aromatic heterocycles. The summed E-state index contributed by atoms with van der Waals surface area (Å²) in [6, 6.07) is 10.4. The lowest BCUT2D eigenvalue weighted by atomic mass is 10.0. The van der Waals surface area contributed by atoms with Gasteiger partial charge >= 0.3 is 5.97 Å². The molecule has 6 heteroatoms. The van der Waals surface area contributed by atoms with Gasteiger partial charge in [-0.15, -0.1) is 0 Å². The summed E-state index contributed by atoms with van der Waals surface area (Å²) < 4.78 is 5.05. The molecule has 0 aliphatic rings. The van der Waals surface area contributed by atoms with Crippen molar-refractivity contribution in [2.75, 3.05) is 11.9 Å². The van der Waals surface area contributed by atoms with Gasteiger partial charge in [-0.25, -0.2) is 4.79 Å². The van der Waals surface area contributed by atoms with Gasteiger partial charge in [-0.2, -0.15) is 0 Å². The molecule has 0 saturated heterocycles. The van der Waals surface area contributed by atoms with Gasteiger partial charge < -0.3 is 10.1 Å².